The van der Waals surface area contributed by atoms with Gasteiger partial charge in [0, 0.05) is 6.42 Å². The summed E-state index contributed by atoms with van der Waals surface area (Å²) in [5, 5.41) is 7.22. The molecule has 1 N–H and O–H groups in total. The average Bonchev–Trinajstić information content (AvgIpc) is 2.86. The molecule has 1 aromatic rings. The topological polar surface area (TPSA) is 59.8 Å². The lowest BCUT2D eigenvalue weighted by Crippen LogP contribution is -2.21. The molecule has 0 radical (unpaired) electrons. The predicted molar refractivity (Wildman–Crippen MR) is 55.6 cm³/mol. The van der Waals surface area contributed by atoms with E-state index in [2.05, 4.69) is 15.6 Å². The van der Waals surface area contributed by atoms with Crippen molar-refractivity contribution < 1.29 is 4.79 Å². The summed E-state index contributed by atoms with van der Waals surface area (Å²) >= 11 is 0. The molecule has 1 heterocycles. The molecule has 0 bridgehead atoms. The summed E-state index contributed by atoms with van der Waals surface area (Å²) in [6.07, 6.45) is 9.81. The first-order valence-electron chi connectivity index (χ1n) is 5.49. The summed E-state index contributed by atoms with van der Waals surface area (Å²) in [6.45, 7) is 0. The van der Waals surface area contributed by atoms with Crippen molar-refractivity contribution in [1.29, 1.82) is 0 Å². The predicted octanol–water partition coefficient (Wildman–Crippen LogP) is 1.32. The highest BCUT2D eigenvalue weighted by Crippen LogP contribution is 2.28. The van der Waals surface area contributed by atoms with Crippen LogP contribution in [0.3, 0.4) is 0 Å². The average molecular weight is 208 g/mol. The largest absolute Gasteiger partial charge is 0.273 e. The number of carbonyl (C=O) groups excluding carboxylic acids is 1. The van der Waals surface area contributed by atoms with E-state index in [9.17, 15) is 4.79 Å². The molecule has 0 spiro atoms. The van der Waals surface area contributed by atoms with Crippen LogP contribution in [0.25, 0.3) is 0 Å². The quantitative estimate of drug-likeness (QED) is 0.811. The van der Waals surface area contributed by atoms with E-state index >= 15 is 0 Å². The Morgan fingerprint density at radius 3 is 2.67 bits per heavy atom. The maximum absolute atomic E-state index is 11.5. The molecule has 1 saturated carbocycles. The monoisotopic (exact) mass is 208 g/mol. The second-order valence-corrected chi connectivity index (χ2v) is 4.09. The molecule has 1 amide bonds. The molecule has 0 aromatic carbocycles. The van der Waals surface area contributed by atoms with Crippen LogP contribution in [0.15, 0.2) is 12.7 Å². The molecule has 0 unspecified atom stereocenters. The highest BCUT2D eigenvalue weighted by molar-refractivity contribution is 5.83. The van der Waals surface area contributed by atoms with E-state index in [-0.39, 0.29) is 5.91 Å². The van der Waals surface area contributed by atoms with Crippen LogP contribution in [0.4, 0.5) is 0 Å². The molecule has 2 rings (SSSR count). The minimum atomic E-state index is 0.0432. The molecule has 15 heavy (non-hydrogen) atoms. The molecular formula is C10H16N4O. The molecule has 0 aliphatic heterocycles. The normalized spacial score (nSPS) is 16.8. The Bertz CT molecular complexity index is 303. The van der Waals surface area contributed by atoms with Gasteiger partial charge >= 0.3 is 0 Å². The SMILES string of the molecule is O=C(CCC1CCCC1)Nn1cnnc1. The number of aromatic nitrogens is 3. The van der Waals surface area contributed by atoms with Crippen LogP contribution in [0, 0.1) is 5.92 Å². The number of amides is 1. The van der Waals surface area contributed by atoms with Crippen LogP contribution in [0.2, 0.25) is 0 Å². The summed E-state index contributed by atoms with van der Waals surface area (Å²) in [5.74, 6) is 0.804. The van der Waals surface area contributed by atoms with Crippen LogP contribution < -0.4 is 5.43 Å². The number of hydrogen-bond acceptors (Lipinski definition) is 3. The van der Waals surface area contributed by atoms with E-state index in [1.807, 2.05) is 0 Å². The second kappa shape index (κ2) is 4.91. The molecule has 1 aromatic heterocycles. The summed E-state index contributed by atoms with van der Waals surface area (Å²) in [6, 6.07) is 0. The molecule has 82 valence electrons. The van der Waals surface area contributed by atoms with Gasteiger partial charge in [0.2, 0.25) is 5.91 Å². The Morgan fingerprint density at radius 2 is 2.00 bits per heavy atom. The van der Waals surface area contributed by atoms with Crippen LogP contribution in [-0.2, 0) is 4.79 Å². The maximum Gasteiger partial charge on any atom is 0.238 e. The number of nitrogens with zero attached hydrogens (tertiary/aromatic N) is 3. The van der Waals surface area contributed by atoms with Crippen molar-refractivity contribution >= 4 is 5.91 Å². The molecule has 1 fully saturated rings. The van der Waals surface area contributed by atoms with Gasteiger partial charge in [0.15, 0.2) is 0 Å². The van der Waals surface area contributed by atoms with Crippen molar-refractivity contribution in [2.24, 2.45) is 5.92 Å². The highest BCUT2D eigenvalue weighted by Gasteiger charge is 2.16. The Kier molecular flexibility index (Phi) is 3.32. The summed E-state index contributed by atoms with van der Waals surface area (Å²) in [4.78, 5) is 11.5. The minimum Gasteiger partial charge on any atom is -0.273 e. The smallest absolute Gasteiger partial charge is 0.238 e. The Labute approximate surface area is 88.9 Å². The summed E-state index contributed by atoms with van der Waals surface area (Å²) in [7, 11) is 0. The van der Waals surface area contributed by atoms with Crippen LogP contribution in [0.5, 0.6) is 0 Å². The van der Waals surface area contributed by atoms with Crippen molar-refractivity contribution in [3.05, 3.63) is 12.7 Å². The van der Waals surface area contributed by atoms with Crippen molar-refractivity contribution in [2.75, 3.05) is 5.43 Å². The fourth-order valence-electron chi connectivity index (χ4n) is 2.09. The third-order valence-corrected chi connectivity index (χ3v) is 2.93. The Balaban J connectivity index is 1.68. The van der Waals surface area contributed by atoms with E-state index in [0.717, 1.165) is 12.3 Å². The third-order valence-electron chi connectivity index (χ3n) is 2.93. The first-order valence-corrected chi connectivity index (χ1v) is 5.49. The van der Waals surface area contributed by atoms with Crippen LogP contribution >= 0.6 is 0 Å². The zero-order valence-electron chi connectivity index (χ0n) is 8.72. The van der Waals surface area contributed by atoms with Gasteiger partial charge in [0.1, 0.15) is 12.7 Å². The number of carbonyl (C=O) groups is 1. The van der Waals surface area contributed by atoms with Gasteiger partial charge in [-0.15, -0.1) is 10.2 Å². The lowest BCUT2D eigenvalue weighted by molar-refractivity contribution is -0.117. The van der Waals surface area contributed by atoms with Gasteiger partial charge in [-0.1, -0.05) is 25.7 Å². The molecule has 0 atom stereocenters. The van der Waals surface area contributed by atoms with Gasteiger partial charge in [0.25, 0.3) is 0 Å². The van der Waals surface area contributed by atoms with Crippen LogP contribution in [-0.4, -0.2) is 20.8 Å². The zero-order valence-corrected chi connectivity index (χ0v) is 8.72. The van der Waals surface area contributed by atoms with Crippen molar-refractivity contribution in [2.45, 2.75) is 38.5 Å². The maximum atomic E-state index is 11.5. The standard InChI is InChI=1S/C10H16N4O/c15-10(13-14-7-11-12-8-14)6-5-9-3-1-2-4-9/h7-9H,1-6H2,(H,13,15). The van der Waals surface area contributed by atoms with Crippen LogP contribution in [0.1, 0.15) is 38.5 Å². The van der Waals surface area contributed by atoms with Gasteiger partial charge in [-0.3, -0.25) is 10.2 Å². The Morgan fingerprint density at radius 1 is 1.33 bits per heavy atom. The first-order chi connectivity index (χ1) is 7.34. The van der Waals surface area contributed by atoms with Gasteiger partial charge < -0.3 is 0 Å². The molecule has 0 saturated heterocycles. The van der Waals surface area contributed by atoms with Crippen molar-refractivity contribution in [1.82, 2.24) is 14.9 Å². The van der Waals surface area contributed by atoms with E-state index in [4.69, 9.17) is 0 Å². The number of rotatable bonds is 4. The highest BCUT2D eigenvalue weighted by atomic mass is 16.2. The van der Waals surface area contributed by atoms with Gasteiger partial charge in [-0.25, -0.2) is 4.68 Å². The molecule has 1 aliphatic rings. The van der Waals surface area contributed by atoms with Gasteiger partial charge in [-0.05, 0) is 12.3 Å². The van der Waals surface area contributed by atoms with Gasteiger partial charge in [0.05, 0.1) is 0 Å². The summed E-state index contributed by atoms with van der Waals surface area (Å²) < 4.78 is 1.48. The fraction of sp³-hybridized carbons (Fsp3) is 0.700. The molecular weight excluding hydrogens is 192 g/mol. The van der Waals surface area contributed by atoms with Crippen molar-refractivity contribution in [3.8, 4) is 0 Å². The minimum absolute atomic E-state index is 0.0432. The van der Waals surface area contributed by atoms with E-state index in [0.29, 0.717) is 6.42 Å². The van der Waals surface area contributed by atoms with Crippen molar-refractivity contribution in [3.63, 3.8) is 0 Å². The number of hydrogen-bond donors (Lipinski definition) is 1. The zero-order chi connectivity index (χ0) is 10.5. The van der Waals surface area contributed by atoms with E-state index < -0.39 is 0 Å². The third kappa shape index (κ3) is 3.04. The second-order valence-electron chi connectivity index (χ2n) is 4.09. The lowest BCUT2D eigenvalue weighted by atomic mass is 10.0. The van der Waals surface area contributed by atoms with E-state index in [1.54, 1.807) is 0 Å². The summed E-state index contributed by atoms with van der Waals surface area (Å²) in [5.41, 5.74) is 2.70. The first kappa shape index (κ1) is 10.1. The van der Waals surface area contributed by atoms with E-state index in [1.165, 1.54) is 43.0 Å². The van der Waals surface area contributed by atoms with Gasteiger partial charge in [-0.2, -0.15) is 0 Å². The number of nitrogens with one attached hydrogen (secondary N) is 1. The molecule has 1 aliphatic carbocycles. The Hall–Kier alpha value is -1.39. The fourth-order valence-corrected chi connectivity index (χ4v) is 2.09. The molecule has 5 nitrogen and oxygen atoms in total. The lowest BCUT2D eigenvalue weighted by Gasteiger charge is -2.08. The molecule has 5 heteroatoms.